The maximum absolute atomic E-state index is 7.17. The number of ether oxygens (including phenoxy) is 3. The fourth-order valence-corrected chi connectivity index (χ4v) is 6.90. The molecule has 1 aliphatic heterocycles. The lowest BCUT2D eigenvalue weighted by Gasteiger charge is -2.50. The largest absolute Gasteiger partial charge is 0.414 e. The molecule has 0 bridgehead atoms. The third-order valence-electron chi connectivity index (χ3n) is 9.35. The van der Waals surface area contributed by atoms with Gasteiger partial charge in [0.05, 0.1) is 25.9 Å². The van der Waals surface area contributed by atoms with E-state index in [1.54, 1.807) is 0 Å². The summed E-state index contributed by atoms with van der Waals surface area (Å²) in [4.78, 5) is 0. The molecule has 5 nitrogen and oxygen atoms in total. The maximum atomic E-state index is 7.17. The van der Waals surface area contributed by atoms with Gasteiger partial charge >= 0.3 is 0 Å². The number of hydrogen-bond acceptors (Lipinski definition) is 5. The molecule has 0 unspecified atom stereocenters. The molecule has 0 amide bonds. The molecule has 1 fully saturated rings. The van der Waals surface area contributed by atoms with Crippen molar-refractivity contribution in [3.8, 4) is 0 Å². The molecule has 0 spiro atoms. The van der Waals surface area contributed by atoms with E-state index in [1.165, 1.54) is 0 Å². The molecular weight excluding hydrogens is 557 g/mol. The van der Waals surface area contributed by atoms with Crippen LogP contribution in [-0.4, -0.2) is 53.8 Å². The molecule has 0 aliphatic carbocycles. The van der Waals surface area contributed by atoms with Gasteiger partial charge in [0, 0.05) is 0 Å². The van der Waals surface area contributed by atoms with Gasteiger partial charge in [-0.1, -0.05) is 108 Å². The van der Waals surface area contributed by atoms with E-state index in [9.17, 15) is 0 Å². The summed E-state index contributed by atoms with van der Waals surface area (Å²) in [5.41, 5.74) is 2.23. The summed E-state index contributed by atoms with van der Waals surface area (Å²) in [7, 11) is -4.24. The fraction of sp³-hybridized carbons (Fsp3) is 0.600. The quantitative estimate of drug-likeness (QED) is 0.167. The van der Waals surface area contributed by atoms with Crippen molar-refractivity contribution in [3.05, 3.63) is 84.4 Å². The highest BCUT2D eigenvalue weighted by molar-refractivity contribution is 6.74. The predicted octanol–water partition coefficient (Wildman–Crippen LogP) is 8.91. The second-order valence-electron chi connectivity index (χ2n) is 14.7. The van der Waals surface area contributed by atoms with Gasteiger partial charge in [0.1, 0.15) is 24.4 Å². The molecule has 5 atom stereocenters. The summed E-state index contributed by atoms with van der Waals surface area (Å²) in [5.74, 6) is 0. The molecule has 2 aromatic rings. The first-order valence-corrected chi connectivity index (χ1v) is 21.3. The SMILES string of the molecule is C=CC[C@H]1O[C@H](CO[Si](C)(C)C(C)(C)C)[C@@H](OCc2ccccc2)[C@H](OCc2ccccc2)[C@H]1O[Si](C)(C)C(C)(C)C. The van der Waals surface area contributed by atoms with E-state index in [2.05, 4.69) is 98.6 Å². The van der Waals surface area contributed by atoms with Gasteiger partial charge in [-0.3, -0.25) is 0 Å². The lowest BCUT2D eigenvalue weighted by atomic mass is 9.93. The van der Waals surface area contributed by atoms with Crippen molar-refractivity contribution >= 4 is 16.6 Å². The Balaban J connectivity index is 2.03. The highest BCUT2D eigenvalue weighted by atomic mass is 28.4. The number of rotatable bonds is 13. The molecule has 42 heavy (non-hydrogen) atoms. The van der Waals surface area contributed by atoms with Crippen LogP contribution >= 0.6 is 0 Å². The summed E-state index contributed by atoms with van der Waals surface area (Å²) >= 11 is 0. The van der Waals surface area contributed by atoms with Gasteiger partial charge in [-0.2, -0.15) is 0 Å². The van der Waals surface area contributed by atoms with Crippen molar-refractivity contribution in [2.45, 2.75) is 128 Å². The Morgan fingerprint density at radius 2 is 1.17 bits per heavy atom. The topological polar surface area (TPSA) is 46.2 Å². The van der Waals surface area contributed by atoms with Crippen LogP contribution in [0, 0.1) is 0 Å². The van der Waals surface area contributed by atoms with Crippen molar-refractivity contribution in [1.82, 2.24) is 0 Å². The van der Waals surface area contributed by atoms with Crippen molar-refractivity contribution in [2.24, 2.45) is 0 Å². The minimum atomic E-state index is -2.20. The van der Waals surface area contributed by atoms with Gasteiger partial charge in [0.25, 0.3) is 0 Å². The Morgan fingerprint density at radius 1 is 0.690 bits per heavy atom. The minimum Gasteiger partial charge on any atom is -0.414 e. The van der Waals surface area contributed by atoms with Crippen LogP contribution < -0.4 is 0 Å². The van der Waals surface area contributed by atoms with E-state index in [4.69, 9.17) is 23.1 Å². The highest BCUT2D eigenvalue weighted by Gasteiger charge is 2.52. The van der Waals surface area contributed by atoms with Crippen LogP contribution in [-0.2, 0) is 36.3 Å². The standard InChI is InChI=1S/C35H56O5Si2/c1-12-19-29-32(40-42(10,11)35(5,6)7)33(37-25-28-22-17-14-18-23-28)31(36-24-27-20-15-13-16-21-27)30(39-29)26-38-41(8,9)34(2,3)4/h12-18,20-23,29-33H,1,19,24-26H2,2-11H3/t29-,30-,31-,32+,33+/m1/s1. The van der Waals surface area contributed by atoms with Crippen LogP contribution in [0.25, 0.3) is 0 Å². The van der Waals surface area contributed by atoms with E-state index in [0.29, 0.717) is 26.2 Å². The molecule has 0 aromatic heterocycles. The minimum absolute atomic E-state index is 0.0262. The number of benzene rings is 2. The molecule has 7 heteroatoms. The first kappa shape index (κ1) is 34.9. The molecule has 1 saturated heterocycles. The zero-order valence-electron chi connectivity index (χ0n) is 27.8. The average molecular weight is 613 g/mol. The van der Waals surface area contributed by atoms with E-state index < -0.39 is 16.6 Å². The van der Waals surface area contributed by atoms with Gasteiger partial charge < -0.3 is 23.1 Å². The summed E-state index contributed by atoms with van der Waals surface area (Å²) in [6.45, 7) is 28.2. The van der Waals surface area contributed by atoms with Crippen LogP contribution in [0.5, 0.6) is 0 Å². The Hall–Kier alpha value is -1.59. The highest BCUT2D eigenvalue weighted by Crippen LogP contribution is 2.42. The zero-order chi connectivity index (χ0) is 31.2. The summed E-state index contributed by atoms with van der Waals surface area (Å²) < 4.78 is 34.5. The Bertz CT molecular complexity index is 1090. The zero-order valence-corrected chi connectivity index (χ0v) is 29.8. The first-order chi connectivity index (χ1) is 19.6. The van der Waals surface area contributed by atoms with Gasteiger partial charge in [-0.25, -0.2) is 0 Å². The van der Waals surface area contributed by atoms with Crippen molar-refractivity contribution in [2.75, 3.05) is 6.61 Å². The van der Waals surface area contributed by atoms with Crippen molar-refractivity contribution < 1.29 is 23.1 Å². The predicted molar refractivity (Wildman–Crippen MR) is 179 cm³/mol. The molecular formula is C35H56O5Si2. The van der Waals surface area contributed by atoms with Crippen LogP contribution in [0.1, 0.15) is 59.1 Å². The molecule has 1 aliphatic rings. The maximum Gasteiger partial charge on any atom is 0.192 e. The summed E-state index contributed by atoms with van der Waals surface area (Å²) in [6, 6.07) is 20.6. The van der Waals surface area contributed by atoms with Gasteiger partial charge in [0.15, 0.2) is 16.6 Å². The lowest BCUT2D eigenvalue weighted by molar-refractivity contribution is -0.253. The van der Waals surface area contributed by atoms with Gasteiger partial charge in [-0.15, -0.1) is 6.58 Å². The smallest absolute Gasteiger partial charge is 0.192 e. The van der Waals surface area contributed by atoms with Gasteiger partial charge in [-0.05, 0) is 53.8 Å². The monoisotopic (exact) mass is 612 g/mol. The normalized spacial score (nSPS) is 24.0. The molecule has 0 N–H and O–H groups in total. The molecule has 2 aromatic carbocycles. The van der Waals surface area contributed by atoms with E-state index in [-0.39, 0.29) is 40.6 Å². The first-order valence-electron chi connectivity index (χ1n) is 15.4. The van der Waals surface area contributed by atoms with Crippen molar-refractivity contribution in [3.63, 3.8) is 0 Å². The van der Waals surface area contributed by atoms with Crippen LogP contribution in [0.15, 0.2) is 73.3 Å². The van der Waals surface area contributed by atoms with Gasteiger partial charge in [0.2, 0.25) is 0 Å². The number of hydrogen-bond donors (Lipinski definition) is 0. The molecule has 3 rings (SSSR count). The average Bonchev–Trinajstić information content (AvgIpc) is 2.91. The fourth-order valence-electron chi connectivity index (χ4n) is 4.57. The Kier molecular flexibility index (Phi) is 12.0. The van der Waals surface area contributed by atoms with E-state index in [0.717, 1.165) is 11.1 Å². The second kappa shape index (κ2) is 14.5. The summed E-state index contributed by atoms with van der Waals surface area (Å²) in [5, 5.41) is 0.109. The van der Waals surface area contributed by atoms with E-state index in [1.807, 2.05) is 42.5 Å². The molecule has 0 saturated carbocycles. The summed E-state index contributed by atoms with van der Waals surface area (Å²) in [6.07, 6.45) is 1.02. The Labute approximate surface area is 258 Å². The van der Waals surface area contributed by atoms with Crippen LogP contribution in [0.4, 0.5) is 0 Å². The molecule has 0 radical (unpaired) electrons. The van der Waals surface area contributed by atoms with Crippen molar-refractivity contribution in [1.29, 1.82) is 0 Å². The van der Waals surface area contributed by atoms with Crippen LogP contribution in [0.3, 0.4) is 0 Å². The lowest BCUT2D eigenvalue weighted by Crippen LogP contribution is -2.64. The molecule has 234 valence electrons. The molecule has 1 heterocycles. The second-order valence-corrected chi connectivity index (χ2v) is 24.2. The van der Waals surface area contributed by atoms with Crippen LogP contribution in [0.2, 0.25) is 36.3 Å². The Morgan fingerprint density at radius 3 is 1.62 bits per heavy atom. The third kappa shape index (κ3) is 9.21. The van der Waals surface area contributed by atoms with E-state index >= 15 is 0 Å². The third-order valence-corrected chi connectivity index (χ3v) is 18.3.